The monoisotopic (exact) mass is 293 g/mol. The zero-order chi connectivity index (χ0) is 15.9. The molecule has 0 radical (unpaired) electrons. The number of benzene rings is 1. The van der Waals surface area contributed by atoms with Crippen molar-refractivity contribution in [2.75, 3.05) is 6.54 Å². The fraction of sp³-hybridized carbons (Fsp3) is 0.500. The van der Waals surface area contributed by atoms with Gasteiger partial charge in [-0.1, -0.05) is 30.3 Å². The molecule has 0 heterocycles. The van der Waals surface area contributed by atoms with Gasteiger partial charge in [0.2, 0.25) is 0 Å². The molecule has 0 aromatic heterocycles. The second kappa shape index (κ2) is 7.78. The molecular formula is C16H23NO4. The van der Waals surface area contributed by atoms with E-state index in [1.165, 1.54) is 0 Å². The lowest BCUT2D eigenvalue weighted by atomic mass is 10.1. The zero-order valence-corrected chi connectivity index (χ0v) is 12.8. The number of carbonyl (C=O) groups excluding carboxylic acids is 2. The van der Waals surface area contributed by atoms with Gasteiger partial charge < -0.3 is 15.2 Å². The van der Waals surface area contributed by atoms with Crippen molar-refractivity contribution in [1.29, 1.82) is 0 Å². The molecule has 1 rings (SSSR count). The SMILES string of the molecule is CC(C)(C)OC(=O)C(CCN)C(=O)OCc1ccccc1. The molecule has 1 atom stereocenters. The Balaban J connectivity index is 2.62. The van der Waals surface area contributed by atoms with Crippen LogP contribution < -0.4 is 5.73 Å². The van der Waals surface area contributed by atoms with E-state index in [9.17, 15) is 9.59 Å². The van der Waals surface area contributed by atoms with Gasteiger partial charge in [0, 0.05) is 0 Å². The molecule has 0 spiro atoms. The van der Waals surface area contributed by atoms with E-state index in [-0.39, 0.29) is 19.6 Å². The first kappa shape index (κ1) is 17.2. The lowest BCUT2D eigenvalue weighted by Crippen LogP contribution is -2.35. The Kier molecular flexibility index (Phi) is 6.37. The van der Waals surface area contributed by atoms with Crippen molar-refractivity contribution in [3.8, 4) is 0 Å². The van der Waals surface area contributed by atoms with Crippen LogP contribution in [0.4, 0.5) is 0 Å². The Morgan fingerprint density at radius 2 is 1.76 bits per heavy atom. The fourth-order valence-corrected chi connectivity index (χ4v) is 1.70. The Labute approximate surface area is 125 Å². The van der Waals surface area contributed by atoms with Gasteiger partial charge in [-0.3, -0.25) is 9.59 Å². The van der Waals surface area contributed by atoms with Gasteiger partial charge in [-0.05, 0) is 39.3 Å². The highest BCUT2D eigenvalue weighted by molar-refractivity contribution is 5.95. The Hall–Kier alpha value is -1.88. The Morgan fingerprint density at radius 1 is 1.14 bits per heavy atom. The van der Waals surface area contributed by atoms with Gasteiger partial charge in [0.25, 0.3) is 0 Å². The minimum atomic E-state index is -0.974. The summed E-state index contributed by atoms with van der Waals surface area (Å²) in [6.45, 7) is 5.59. The lowest BCUT2D eigenvalue weighted by Gasteiger charge is -2.23. The van der Waals surface area contributed by atoms with Crippen LogP contribution in [-0.2, 0) is 25.7 Å². The predicted octanol–water partition coefficient (Wildman–Crippen LogP) is 2.04. The summed E-state index contributed by atoms with van der Waals surface area (Å²) in [5.74, 6) is -2.16. The smallest absolute Gasteiger partial charge is 0.320 e. The summed E-state index contributed by atoms with van der Waals surface area (Å²) in [4.78, 5) is 24.1. The summed E-state index contributed by atoms with van der Waals surface area (Å²) < 4.78 is 10.4. The molecule has 0 aliphatic rings. The maximum absolute atomic E-state index is 12.1. The number of hydrogen-bond donors (Lipinski definition) is 1. The maximum atomic E-state index is 12.1. The molecule has 0 fully saturated rings. The number of rotatable bonds is 6. The van der Waals surface area contributed by atoms with Crippen LogP contribution in [0.2, 0.25) is 0 Å². The minimum absolute atomic E-state index is 0.129. The van der Waals surface area contributed by atoms with E-state index in [4.69, 9.17) is 15.2 Å². The standard InChI is InChI=1S/C16H23NO4/c1-16(2,3)21-15(19)13(9-10-17)14(18)20-11-12-7-5-4-6-8-12/h4-8,13H,9-11,17H2,1-3H3. The van der Waals surface area contributed by atoms with Gasteiger partial charge in [-0.2, -0.15) is 0 Å². The summed E-state index contributed by atoms with van der Waals surface area (Å²) in [7, 11) is 0. The van der Waals surface area contributed by atoms with Crippen molar-refractivity contribution in [2.24, 2.45) is 11.7 Å². The Morgan fingerprint density at radius 3 is 2.29 bits per heavy atom. The highest BCUT2D eigenvalue weighted by Gasteiger charge is 2.31. The minimum Gasteiger partial charge on any atom is -0.460 e. The second-order valence-corrected chi connectivity index (χ2v) is 5.76. The largest absolute Gasteiger partial charge is 0.460 e. The highest BCUT2D eigenvalue weighted by Crippen LogP contribution is 2.15. The van der Waals surface area contributed by atoms with E-state index in [1.54, 1.807) is 20.8 Å². The van der Waals surface area contributed by atoms with Crippen molar-refractivity contribution in [3.05, 3.63) is 35.9 Å². The van der Waals surface area contributed by atoms with Crippen LogP contribution in [0.3, 0.4) is 0 Å². The van der Waals surface area contributed by atoms with Gasteiger partial charge in [0.1, 0.15) is 12.2 Å². The van der Waals surface area contributed by atoms with Gasteiger partial charge >= 0.3 is 11.9 Å². The van der Waals surface area contributed by atoms with Crippen LogP contribution in [0.25, 0.3) is 0 Å². The summed E-state index contributed by atoms with van der Waals surface area (Å²) in [6.07, 6.45) is 0.211. The topological polar surface area (TPSA) is 78.6 Å². The second-order valence-electron chi connectivity index (χ2n) is 5.76. The lowest BCUT2D eigenvalue weighted by molar-refractivity contribution is -0.170. The van der Waals surface area contributed by atoms with Crippen LogP contribution in [0.1, 0.15) is 32.8 Å². The number of esters is 2. The van der Waals surface area contributed by atoms with E-state index in [0.29, 0.717) is 0 Å². The highest BCUT2D eigenvalue weighted by atomic mass is 16.6. The predicted molar refractivity (Wildman–Crippen MR) is 79.2 cm³/mol. The molecule has 0 saturated carbocycles. The number of carbonyl (C=O) groups is 2. The zero-order valence-electron chi connectivity index (χ0n) is 12.8. The molecule has 0 saturated heterocycles. The first-order valence-corrected chi connectivity index (χ1v) is 6.97. The number of ether oxygens (including phenoxy) is 2. The third-order valence-corrected chi connectivity index (χ3v) is 2.66. The third-order valence-electron chi connectivity index (χ3n) is 2.66. The van der Waals surface area contributed by atoms with Crippen molar-refractivity contribution in [2.45, 2.75) is 39.4 Å². The summed E-state index contributed by atoms with van der Waals surface area (Å²) >= 11 is 0. The van der Waals surface area contributed by atoms with E-state index >= 15 is 0 Å². The van der Waals surface area contributed by atoms with E-state index in [0.717, 1.165) is 5.56 Å². The molecule has 0 aliphatic heterocycles. The molecule has 0 amide bonds. The van der Waals surface area contributed by atoms with Crippen molar-refractivity contribution in [3.63, 3.8) is 0 Å². The average molecular weight is 293 g/mol. The molecule has 1 aromatic rings. The normalized spacial score (nSPS) is 12.6. The summed E-state index contributed by atoms with van der Waals surface area (Å²) in [5, 5.41) is 0. The van der Waals surface area contributed by atoms with Crippen molar-refractivity contribution < 1.29 is 19.1 Å². The van der Waals surface area contributed by atoms with Gasteiger partial charge in [0.05, 0.1) is 0 Å². The molecule has 116 valence electrons. The molecule has 5 heteroatoms. The molecular weight excluding hydrogens is 270 g/mol. The molecule has 2 N–H and O–H groups in total. The van der Waals surface area contributed by atoms with E-state index in [2.05, 4.69) is 0 Å². The first-order chi connectivity index (χ1) is 9.83. The van der Waals surface area contributed by atoms with Gasteiger partial charge in [-0.15, -0.1) is 0 Å². The molecule has 0 aliphatic carbocycles. The van der Waals surface area contributed by atoms with Crippen LogP contribution in [0.15, 0.2) is 30.3 Å². The average Bonchev–Trinajstić information content (AvgIpc) is 2.41. The first-order valence-electron chi connectivity index (χ1n) is 6.97. The fourth-order valence-electron chi connectivity index (χ4n) is 1.70. The van der Waals surface area contributed by atoms with Crippen molar-refractivity contribution >= 4 is 11.9 Å². The summed E-state index contributed by atoms with van der Waals surface area (Å²) in [5.41, 5.74) is 5.67. The summed E-state index contributed by atoms with van der Waals surface area (Å²) in [6, 6.07) is 9.28. The maximum Gasteiger partial charge on any atom is 0.320 e. The number of hydrogen-bond acceptors (Lipinski definition) is 5. The molecule has 1 aromatic carbocycles. The molecule has 0 bridgehead atoms. The Bertz CT molecular complexity index is 465. The van der Waals surface area contributed by atoms with Crippen LogP contribution in [0.5, 0.6) is 0 Å². The van der Waals surface area contributed by atoms with E-state index < -0.39 is 23.5 Å². The van der Waals surface area contributed by atoms with Crippen molar-refractivity contribution in [1.82, 2.24) is 0 Å². The van der Waals surface area contributed by atoms with Crippen LogP contribution in [-0.4, -0.2) is 24.1 Å². The number of nitrogens with two attached hydrogens (primary N) is 1. The van der Waals surface area contributed by atoms with Crippen LogP contribution in [0, 0.1) is 5.92 Å². The molecule has 1 unspecified atom stereocenters. The van der Waals surface area contributed by atoms with E-state index in [1.807, 2.05) is 30.3 Å². The van der Waals surface area contributed by atoms with Crippen LogP contribution >= 0.6 is 0 Å². The molecule has 5 nitrogen and oxygen atoms in total. The quantitative estimate of drug-likeness (QED) is 0.641. The van der Waals surface area contributed by atoms with Gasteiger partial charge in [-0.25, -0.2) is 0 Å². The van der Waals surface area contributed by atoms with Gasteiger partial charge in [0.15, 0.2) is 5.92 Å². The third kappa shape index (κ3) is 6.40. The molecule has 21 heavy (non-hydrogen) atoms.